The van der Waals surface area contributed by atoms with Crippen LogP contribution in [0, 0.1) is 0 Å². The summed E-state index contributed by atoms with van der Waals surface area (Å²) in [5.74, 6) is 0. The Morgan fingerprint density at radius 2 is 1.81 bits per heavy atom. The predicted molar refractivity (Wildman–Crippen MR) is 68.8 cm³/mol. The highest BCUT2D eigenvalue weighted by Gasteiger charge is 2.39. The van der Waals surface area contributed by atoms with Crippen LogP contribution in [0.1, 0.15) is 32.1 Å². The molecule has 2 fully saturated rings. The molecular formula is C13H27N3. The Balaban J connectivity index is 1.79. The van der Waals surface area contributed by atoms with E-state index in [2.05, 4.69) is 36.3 Å². The fourth-order valence-corrected chi connectivity index (χ4v) is 3.44. The van der Waals surface area contributed by atoms with Gasteiger partial charge in [0.1, 0.15) is 0 Å². The van der Waals surface area contributed by atoms with Gasteiger partial charge in [0, 0.05) is 18.1 Å². The number of hydrogen-bond donors (Lipinski definition) is 1. The number of nitrogens with zero attached hydrogens (tertiary/aromatic N) is 2. The Bertz CT molecular complexity index is 203. The molecule has 2 aliphatic heterocycles. The van der Waals surface area contributed by atoms with Crippen LogP contribution in [-0.2, 0) is 0 Å². The molecule has 94 valence electrons. The zero-order valence-corrected chi connectivity index (χ0v) is 11.1. The van der Waals surface area contributed by atoms with Crippen LogP contribution < -0.4 is 5.32 Å². The first-order valence-corrected chi connectivity index (χ1v) is 6.78. The molecule has 2 rings (SSSR count). The van der Waals surface area contributed by atoms with Crippen LogP contribution in [0.5, 0.6) is 0 Å². The van der Waals surface area contributed by atoms with Gasteiger partial charge in [-0.1, -0.05) is 0 Å². The fourth-order valence-electron chi connectivity index (χ4n) is 3.44. The van der Waals surface area contributed by atoms with E-state index in [4.69, 9.17) is 0 Å². The standard InChI is InChI=1S/C13H27N3/c1-14-11-9-12-5-6-13(10-11)16(12)8-4-7-15(2)3/h11-14H,4-10H2,1-3H3. The van der Waals surface area contributed by atoms with Gasteiger partial charge in [0.05, 0.1) is 0 Å². The van der Waals surface area contributed by atoms with Crippen molar-refractivity contribution in [2.45, 2.75) is 50.2 Å². The maximum absolute atomic E-state index is 3.46. The zero-order chi connectivity index (χ0) is 11.5. The second-order valence-corrected chi connectivity index (χ2v) is 5.74. The molecule has 0 aliphatic carbocycles. The molecule has 0 aromatic heterocycles. The van der Waals surface area contributed by atoms with Gasteiger partial charge < -0.3 is 10.2 Å². The summed E-state index contributed by atoms with van der Waals surface area (Å²) in [4.78, 5) is 5.08. The van der Waals surface area contributed by atoms with Gasteiger partial charge in [-0.25, -0.2) is 0 Å². The third-order valence-electron chi connectivity index (χ3n) is 4.31. The first-order valence-electron chi connectivity index (χ1n) is 6.78. The van der Waals surface area contributed by atoms with E-state index in [1.807, 2.05) is 0 Å². The molecule has 2 bridgehead atoms. The van der Waals surface area contributed by atoms with Crippen LogP contribution in [0.4, 0.5) is 0 Å². The average molecular weight is 225 g/mol. The summed E-state index contributed by atoms with van der Waals surface area (Å²) < 4.78 is 0. The third kappa shape index (κ3) is 2.76. The Hall–Kier alpha value is -0.120. The van der Waals surface area contributed by atoms with Gasteiger partial charge in [-0.15, -0.1) is 0 Å². The van der Waals surface area contributed by atoms with E-state index in [-0.39, 0.29) is 0 Å². The maximum Gasteiger partial charge on any atom is 0.0114 e. The number of hydrogen-bond acceptors (Lipinski definition) is 3. The van der Waals surface area contributed by atoms with Crippen molar-refractivity contribution in [3.63, 3.8) is 0 Å². The van der Waals surface area contributed by atoms with E-state index < -0.39 is 0 Å². The second-order valence-electron chi connectivity index (χ2n) is 5.74. The van der Waals surface area contributed by atoms with Crippen LogP contribution in [0.2, 0.25) is 0 Å². The van der Waals surface area contributed by atoms with Crippen LogP contribution >= 0.6 is 0 Å². The number of fused-ring (bicyclic) bond motifs is 2. The summed E-state index contributed by atoms with van der Waals surface area (Å²) in [5, 5.41) is 3.46. The summed E-state index contributed by atoms with van der Waals surface area (Å²) in [6.45, 7) is 2.54. The summed E-state index contributed by atoms with van der Waals surface area (Å²) in [6, 6.07) is 2.53. The third-order valence-corrected chi connectivity index (χ3v) is 4.31. The average Bonchev–Trinajstić information content (AvgIpc) is 2.50. The van der Waals surface area contributed by atoms with Gasteiger partial charge in [0.2, 0.25) is 0 Å². The van der Waals surface area contributed by atoms with Crippen molar-refractivity contribution in [2.24, 2.45) is 0 Å². The first kappa shape index (κ1) is 12.3. The lowest BCUT2D eigenvalue weighted by atomic mass is 9.97. The van der Waals surface area contributed by atoms with Gasteiger partial charge in [0.15, 0.2) is 0 Å². The van der Waals surface area contributed by atoms with Gasteiger partial charge >= 0.3 is 0 Å². The van der Waals surface area contributed by atoms with Crippen LogP contribution in [0.15, 0.2) is 0 Å². The molecular weight excluding hydrogens is 198 g/mol. The van der Waals surface area contributed by atoms with E-state index in [9.17, 15) is 0 Å². The SMILES string of the molecule is CNC1CC2CCC(C1)N2CCCN(C)C. The quantitative estimate of drug-likeness (QED) is 0.757. The van der Waals surface area contributed by atoms with E-state index in [1.165, 1.54) is 45.2 Å². The van der Waals surface area contributed by atoms with Crippen molar-refractivity contribution < 1.29 is 0 Å². The van der Waals surface area contributed by atoms with E-state index >= 15 is 0 Å². The van der Waals surface area contributed by atoms with Crippen LogP contribution in [-0.4, -0.2) is 62.2 Å². The van der Waals surface area contributed by atoms with Crippen molar-refractivity contribution >= 4 is 0 Å². The molecule has 2 unspecified atom stereocenters. The Morgan fingerprint density at radius 1 is 1.19 bits per heavy atom. The minimum absolute atomic E-state index is 0.780. The van der Waals surface area contributed by atoms with Gasteiger partial charge in [-0.05, 0) is 66.3 Å². The molecule has 2 saturated heterocycles. The molecule has 3 nitrogen and oxygen atoms in total. The number of rotatable bonds is 5. The highest BCUT2D eigenvalue weighted by atomic mass is 15.2. The van der Waals surface area contributed by atoms with E-state index in [0.717, 1.165) is 18.1 Å². The molecule has 0 aromatic carbocycles. The molecule has 2 heterocycles. The second kappa shape index (κ2) is 5.48. The van der Waals surface area contributed by atoms with Gasteiger partial charge in [0.25, 0.3) is 0 Å². The van der Waals surface area contributed by atoms with Crippen molar-refractivity contribution in [1.82, 2.24) is 15.1 Å². The molecule has 3 heteroatoms. The lowest BCUT2D eigenvalue weighted by Crippen LogP contribution is -2.48. The molecule has 2 atom stereocenters. The predicted octanol–water partition coefficient (Wildman–Crippen LogP) is 1.15. The summed E-state index contributed by atoms with van der Waals surface area (Å²) in [6.07, 6.45) is 6.93. The Morgan fingerprint density at radius 3 is 2.31 bits per heavy atom. The smallest absolute Gasteiger partial charge is 0.0114 e. The summed E-state index contributed by atoms with van der Waals surface area (Å²) in [7, 11) is 6.45. The molecule has 0 radical (unpaired) electrons. The largest absolute Gasteiger partial charge is 0.317 e. The number of nitrogens with one attached hydrogen (secondary N) is 1. The molecule has 1 N–H and O–H groups in total. The minimum Gasteiger partial charge on any atom is -0.317 e. The van der Waals surface area contributed by atoms with Crippen LogP contribution in [0.25, 0.3) is 0 Å². The highest BCUT2D eigenvalue weighted by molar-refractivity contribution is 4.96. The first-order chi connectivity index (χ1) is 7.70. The molecule has 0 saturated carbocycles. The Labute approximate surface area is 100 Å². The summed E-state index contributed by atoms with van der Waals surface area (Å²) >= 11 is 0. The monoisotopic (exact) mass is 225 g/mol. The topological polar surface area (TPSA) is 18.5 Å². The lowest BCUT2D eigenvalue weighted by Gasteiger charge is -2.39. The molecule has 0 amide bonds. The van der Waals surface area contributed by atoms with Crippen LogP contribution in [0.3, 0.4) is 0 Å². The van der Waals surface area contributed by atoms with E-state index in [1.54, 1.807) is 0 Å². The van der Waals surface area contributed by atoms with Crippen molar-refractivity contribution in [2.75, 3.05) is 34.2 Å². The van der Waals surface area contributed by atoms with Crippen molar-refractivity contribution in [3.05, 3.63) is 0 Å². The van der Waals surface area contributed by atoms with Gasteiger partial charge in [-0.3, -0.25) is 4.90 Å². The Kier molecular flexibility index (Phi) is 4.22. The number of piperidine rings is 1. The van der Waals surface area contributed by atoms with Crippen molar-refractivity contribution in [1.29, 1.82) is 0 Å². The van der Waals surface area contributed by atoms with E-state index in [0.29, 0.717) is 0 Å². The molecule has 0 spiro atoms. The molecule has 2 aliphatic rings. The fraction of sp³-hybridized carbons (Fsp3) is 1.00. The molecule has 0 aromatic rings. The zero-order valence-electron chi connectivity index (χ0n) is 11.1. The maximum atomic E-state index is 3.46. The highest BCUT2D eigenvalue weighted by Crippen LogP contribution is 2.35. The lowest BCUT2D eigenvalue weighted by molar-refractivity contribution is 0.115. The summed E-state index contributed by atoms with van der Waals surface area (Å²) in [5.41, 5.74) is 0. The van der Waals surface area contributed by atoms with Gasteiger partial charge in [-0.2, -0.15) is 0 Å². The normalized spacial score (nSPS) is 34.9. The minimum atomic E-state index is 0.780. The molecule has 16 heavy (non-hydrogen) atoms. The van der Waals surface area contributed by atoms with Crippen molar-refractivity contribution in [3.8, 4) is 0 Å².